The molecule has 2 aromatic heterocycles. The quantitative estimate of drug-likeness (QED) is 0.260. The molecule has 0 unspecified atom stereocenters. The van der Waals surface area contributed by atoms with Crippen LogP contribution in [0.2, 0.25) is 0 Å². The lowest BCUT2D eigenvalue weighted by atomic mass is 10.1. The van der Waals surface area contributed by atoms with E-state index in [-0.39, 0.29) is 12.4 Å². The maximum absolute atomic E-state index is 11.5. The van der Waals surface area contributed by atoms with Gasteiger partial charge in [-0.05, 0) is 61.9 Å². The smallest absolute Gasteiger partial charge is 0.226 e. The van der Waals surface area contributed by atoms with Crippen molar-refractivity contribution in [2.75, 3.05) is 48.6 Å². The molecule has 10 nitrogen and oxygen atoms in total. The summed E-state index contributed by atoms with van der Waals surface area (Å²) in [6.07, 6.45) is 9.35. The number of benzene rings is 1. The van der Waals surface area contributed by atoms with Crippen LogP contribution in [0.25, 0.3) is 0 Å². The van der Waals surface area contributed by atoms with E-state index in [1.54, 1.807) is 19.5 Å². The van der Waals surface area contributed by atoms with E-state index in [1.165, 1.54) is 31.9 Å². The number of ether oxygens (including phenoxy) is 2. The fraction of sp³-hybridized carbons (Fsp3) is 0.484. The van der Waals surface area contributed by atoms with Crippen LogP contribution < -0.4 is 19.3 Å². The summed E-state index contributed by atoms with van der Waals surface area (Å²) < 4.78 is 34.0. The number of hydrogen-bond donors (Lipinski definition) is 0. The van der Waals surface area contributed by atoms with E-state index in [0.29, 0.717) is 42.1 Å². The van der Waals surface area contributed by atoms with E-state index >= 15 is 0 Å². The third-order valence-corrected chi connectivity index (χ3v) is 8.32. The van der Waals surface area contributed by atoms with Gasteiger partial charge in [0.25, 0.3) is 0 Å². The predicted molar refractivity (Wildman–Crippen MR) is 164 cm³/mol. The summed E-state index contributed by atoms with van der Waals surface area (Å²) in [4.78, 5) is 18.4. The molecule has 3 aromatic rings. The highest BCUT2D eigenvalue weighted by Gasteiger charge is 2.23. The third kappa shape index (κ3) is 8.79. The van der Waals surface area contributed by atoms with E-state index in [9.17, 15) is 13.7 Å². The van der Waals surface area contributed by atoms with Gasteiger partial charge >= 0.3 is 0 Å². The Morgan fingerprint density at radius 1 is 1.07 bits per heavy atom. The van der Waals surface area contributed by atoms with Crippen LogP contribution in [0.1, 0.15) is 55.0 Å². The van der Waals surface area contributed by atoms with E-state index in [1.807, 2.05) is 30.0 Å². The van der Waals surface area contributed by atoms with Gasteiger partial charge in [-0.25, -0.2) is 23.4 Å². The van der Waals surface area contributed by atoms with Crippen molar-refractivity contribution in [2.45, 2.75) is 52.6 Å². The van der Waals surface area contributed by atoms with Crippen molar-refractivity contribution in [3.05, 3.63) is 65.1 Å². The molecule has 0 saturated heterocycles. The number of anilines is 2. The van der Waals surface area contributed by atoms with Gasteiger partial charge in [0.05, 0.1) is 54.8 Å². The number of aromatic nitrogens is 3. The zero-order valence-corrected chi connectivity index (χ0v) is 25.7. The second-order valence-electron chi connectivity index (χ2n) is 10.9. The summed E-state index contributed by atoms with van der Waals surface area (Å²) in [6, 6.07) is 12.0. The van der Waals surface area contributed by atoms with Gasteiger partial charge in [0.2, 0.25) is 11.8 Å². The molecule has 0 spiro atoms. The molecule has 0 bridgehead atoms. The molecule has 4 rings (SSSR count). The summed E-state index contributed by atoms with van der Waals surface area (Å²) in [5.41, 5.74) is 4.44. The number of pyridine rings is 1. The summed E-state index contributed by atoms with van der Waals surface area (Å²) in [7, 11) is -1.53. The average molecular weight is 593 g/mol. The number of rotatable bonds is 14. The molecular formula is C31H40N6O4S. The Hall–Kier alpha value is -3.91. The van der Waals surface area contributed by atoms with Crippen molar-refractivity contribution >= 4 is 21.5 Å². The zero-order chi connectivity index (χ0) is 30.1. The lowest BCUT2D eigenvalue weighted by Crippen LogP contribution is -2.31. The molecule has 1 fully saturated rings. The van der Waals surface area contributed by atoms with Gasteiger partial charge in [0.1, 0.15) is 6.61 Å². The molecule has 0 radical (unpaired) electrons. The second-order valence-corrected chi connectivity index (χ2v) is 13.1. The molecule has 1 saturated carbocycles. The number of nitrogens with zero attached hydrogens (tertiary/aromatic N) is 6. The van der Waals surface area contributed by atoms with E-state index < -0.39 is 9.84 Å². The fourth-order valence-electron chi connectivity index (χ4n) is 5.37. The molecule has 2 heterocycles. The Morgan fingerprint density at radius 2 is 1.81 bits per heavy atom. The Bertz CT molecular complexity index is 1480. The number of aryl methyl sites for hydroxylation is 1. The lowest BCUT2D eigenvalue weighted by Gasteiger charge is -2.30. The second kappa shape index (κ2) is 14.3. The largest absolute Gasteiger partial charge is 0.489 e. The lowest BCUT2D eigenvalue weighted by molar-refractivity contribution is 0.338. The normalized spacial score (nSPS) is 13.5. The average Bonchev–Trinajstić information content (AvgIpc) is 3.48. The van der Waals surface area contributed by atoms with E-state index in [2.05, 4.69) is 40.0 Å². The summed E-state index contributed by atoms with van der Waals surface area (Å²) in [5, 5.41) is 9.55. The van der Waals surface area contributed by atoms with E-state index in [4.69, 9.17) is 14.5 Å². The van der Waals surface area contributed by atoms with Gasteiger partial charge in [-0.2, -0.15) is 5.26 Å². The first kappa shape index (κ1) is 31.0. The minimum absolute atomic E-state index is 0.0242. The van der Waals surface area contributed by atoms with Gasteiger partial charge in [-0.15, -0.1) is 0 Å². The zero-order valence-electron chi connectivity index (χ0n) is 24.9. The van der Waals surface area contributed by atoms with Crippen molar-refractivity contribution in [3.63, 3.8) is 0 Å². The van der Waals surface area contributed by atoms with Crippen molar-refractivity contribution in [3.8, 4) is 17.7 Å². The molecule has 42 heavy (non-hydrogen) atoms. The first-order chi connectivity index (χ1) is 20.2. The van der Waals surface area contributed by atoms with Crippen LogP contribution in [-0.2, 0) is 22.9 Å². The fourth-order valence-corrected chi connectivity index (χ4v) is 5.76. The minimum Gasteiger partial charge on any atom is -0.489 e. The van der Waals surface area contributed by atoms with Gasteiger partial charge in [-0.3, -0.25) is 0 Å². The van der Waals surface area contributed by atoms with Crippen LogP contribution in [0, 0.1) is 24.2 Å². The molecule has 1 aromatic carbocycles. The van der Waals surface area contributed by atoms with Gasteiger partial charge in [0, 0.05) is 32.0 Å². The number of nitriles is 1. The first-order valence-corrected chi connectivity index (χ1v) is 16.4. The Kier molecular flexibility index (Phi) is 10.6. The van der Waals surface area contributed by atoms with Gasteiger partial charge in [0.15, 0.2) is 15.6 Å². The van der Waals surface area contributed by atoms with Crippen molar-refractivity contribution < 1.29 is 17.9 Å². The maximum atomic E-state index is 11.5. The predicted octanol–water partition coefficient (Wildman–Crippen LogP) is 4.71. The SMILES string of the molecule is CCN(CC1CCCC1)c1ccc(OC)nc1CN(Cc1cc(C)cc(C#N)c1)c1ncc(OCCS(C)(=O)=O)cn1. The Balaban J connectivity index is 1.66. The molecule has 0 amide bonds. The Labute approximate surface area is 249 Å². The monoisotopic (exact) mass is 592 g/mol. The van der Waals surface area contributed by atoms with Crippen LogP contribution in [0.4, 0.5) is 11.6 Å². The van der Waals surface area contributed by atoms with E-state index in [0.717, 1.165) is 35.6 Å². The van der Waals surface area contributed by atoms with Crippen molar-refractivity contribution in [1.29, 1.82) is 5.26 Å². The number of hydrogen-bond acceptors (Lipinski definition) is 10. The topological polar surface area (TPSA) is 122 Å². The Morgan fingerprint density at radius 3 is 2.45 bits per heavy atom. The molecule has 1 aliphatic carbocycles. The number of methoxy groups -OCH3 is 1. The van der Waals surface area contributed by atoms with Crippen molar-refractivity contribution in [1.82, 2.24) is 15.0 Å². The molecule has 0 aliphatic heterocycles. The number of sulfone groups is 1. The maximum Gasteiger partial charge on any atom is 0.226 e. The van der Waals surface area contributed by atoms with Crippen LogP contribution in [-0.4, -0.2) is 62.2 Å². The summed E-state index contributed by atoms with van der Waals surface area (Å²) >= 11 is 0. The van der Waals surface area contributed by atoms with Crippen LogP contribution >= 0.6 is 0 Å². The summed E-state index contributed by atoms with van der Waals surface area (Å²) in [6.45, 7) is 6.85. The molecule has 1 aliphatic rings. The molecule has 0 atom stereocenters. The molecular weight excluding hydrogens is 552 g/mol. The third-order valence-electron chi connectivity index (χ3n) is 7.41. The van der Waals surface area contributed by atoms with Gasteiger partial charge < -0.3 is 19.3 Å². The van der Waals surface area contributed by atoms with Crippen LogP contribution in [0.5, 0.6) is 11.6 Å². The van der Waals surface area contributed by atoms with Crippen LogP contribution in [0.15, 0.2) is 42.7 Å². The first-order valence-electron chi connectivity index (χ1n) is 14.3. The standard InChI is InChI=1S/C31H40N6O4S/c1-5-36(20-24-8-6-7-9-24)29-10-11-30(40-3)35-28(29)22-37(21-26-15-23(2)14-25(16-26)17-32)31-33-18-27(19-34-31)41-12-13-42(4,38)39/h10-11,14-16,18-19,24H,5-9,12-13,20-22H2,1-4H3. The molecule has 224 valence electrons. The highest BCUT2D eigenvalue weighted by Crippen LogP contribution is 2.31. The highest BCUT2D eigenvalue weighted by molar-refractivity contribution is 7.90. The van der Waals surface area contributed by atoms with Crippen molar-refractivity contribution in [2.24, 2.45) is 5.92 Å². The molecule has 0 N–H and O–H groups in total. The summed E-state index contributed by atoms with van der Waals surface area (Å²) in [5.74, 6) is 1.96. The van der Waals surface area contributed by atoms with Crippen LogP contribution in [0.3, 0.4) is 0 Å². The highest BCUT2D eigenvalue weighted by atomic mass is 32.2. The minimum atomic E-state index is -3.14. The van der Waals surface area contributed by atoms with Gasteiger partial charge in [-0.1, -0.05) is 18.9 Å². The molecule has 11 heteroatoms.